The Balaban J connectivity index is 1.81. The minimum absolute atomic E-state index is 0.257. The van der Waals surface area contributed by atoms with Crippen molar-refractivity contribution in [2.24, 2.45) is 0 Å². The van der Waals surface area contributed by atoms with Gasteiger partial charge in [0.2, 0.25) is 5.88 Å². The Morgan fingerprint density at radius 1 is 1.32 bits per heavy atom. The maximum atomic E-state index is 12.2. The van der Waals surface area contributed by atoms with Gasteiger partial charge in [0.15, 0.2) is 0 Å². The number of rotatable bonds is 4. The van der Waals surface area contributed by atoms with Crippen LogP contribution >= 0.6 is 11.3 Å². The molecule has 0 radical (unpaired) electrons. The molecular weight excluding hydrogens is 300 g/mol. The van der Waals surface area contributed by atoms with Gasteiger partial charge in [0.25, 0.3) is 5.91 Å². The monoisotopic (exact) mass is 314 g/mol. The van der Waals surface area contributed by atoms with E-state index in [1.165, 1.54) is 12.4 Å². The van der Waals surface area contributed by atoms with Gasteiger partial charge in [-0.05, 0) is 32.0 Å². The smallest absolute Gasteiger partial charge is 0.274 e. The van der Waals surface area contributed by atoms with E-state index < -0.39 is 0 Å². The summed E-state index contributed by atoms with van der Waals surface area (Å²) in [4.78, 5) is 24.6. The molecule has 1 amide bonds. The fourth-order valence-electron chi connectivity index (χ4n) is 2.01. The fourth-order valence-corrected chi connectivity index (χ4v) is 2.81. The van der Waals surface area contributed by atoms with Gasteiger partial charge in [0.1, 0.15) is 12.0 Å². The summed E-state index contributed by atoms with van der Waals surface area (Å²) in [6.07, 6.45) is 1.31. The molecule has 22 heavy (non-hydrogen) atoms. The molecule has 0 fully saturated rings. The molecule has 2 heterocycles. The van der Waals surface area contributed by atoms with Crippen molar-refractivity contribution in [1.82, 2.24) is 15.0 Å². The van der Waals surface area contributed by atoms with Gasteiger partial charge in [-0.25, -0.2) is 15.0 Å². The highest BCUT2D eigenvalue weighted by atomic mass is 32.1. The first-order valence-corrected chi connectivity index (χ1v) is 7.60. The number of thiazole rings is 1. The zero-order chi connectivity index (χ0) is 15.5. The molecule has 3 aromatic rings. The quantitative estimate of drug-likeness (QED) is 0.801. The minimum atomic E-state index is -0.311. The lowest BCUT2D eigenvalue weighted by Gasteiger charge is -2.06. The molecule has 1 N–H and O–H groups in total. The fraction of sp³-hybridized carbons (Fsp3) is 0.200. The first kappa shape index (κ1) is 14.4. The first-order valence-electron chi connectivity index (χ1n) is 6.79. The van der Waals surface area contributed by atoms with Crippen LogP contribution in [0.5, 0.6) is 5.88 Å². The van der Waals surface area contributed by atoms with Gasteiger partial charge in [-0.3, -0.25) is 4.79 Å². The lowest BCUT2D eigenvalue weighted by Crippen LogP contribution is -2.14. The van der Waals surface area contributed by atoms with Crippen LogP contribution in [0.4, 0.5) is 5.69 Å². The molecule has 0 aliphatic carbocycles. The van der Waals surface area contributed by atoms with Crippen molar-refractivity contribution in [3.05, 3.63) is 41.3 Å². The number of benzene rings is 1. The lowest BCUT2D eigenvalue weighted by molar-refractivity contribution is 0.102. The predicted octanol–water partition coefficient (Wildman–Crippen LogP) is 3.05. The second kappa shape index (κ2) is 6.07. The third kappa shape index (κ3) is 3.04. The van der Waals surface area contributed by atoms with E-state index in [9.17, 15) is 4.79 Å². The van der Waals surface area contributed by atoms with Crippen molar-refractivity contribution in [1.29, 1.82) is 0 Å². The van der Waals surface area contributed by atoms with Crippen LogP contribution < -0.4 is 10.1 Å². The summed E-state index contributed by atoms with van der Waals surface area (Å²) >= 11 is 1.62. The van der Waals surface area contributed by atoms with Gasteiger partial charge in [-0.1, -0.05) is 0 Å². The molecule has 0 aliphatic rings. The number of nitrogens with one attached hydrogen (secondary N) is 1. The van der Waals surface area contributed by atoms with Crippen LogP contribution in [0.2, 0.25) is 0 Å². The Hall–Kier alpha value is -2.54. The van der Waals surface area contributed by atoms with Crippen LogP contribution in [0.15, 0.2) is 30.6 Å². The molecule has 6 nitrogen and oxygen atoms in total. The van der Waals surface area contributed by atoms with Gasteiger partial charge in [-0.15, -0.1) is 11.3 Å². The number of fused-ring (bicyclic) bond motifs is 1. The Labute approximate surface area is 131 Å². The maximum absolute atomic E-state index is 12.2. The summed E-state index contributed by atoms with van der Waals surface area (Å²) in [5, 5.41) is 3.80. The molecule has 7 heteroatoms. The van der Waals surface area contributed by atoms with E-state index in [0.717, 1.165) is 15.2 Å². The van der Waals surface area contributed by atoms with Crippen LogP contribution in [0.1, 0.15) is 22.4 Å². The van der Waals surface area contributed by atoms with Crippen molar-refractivity contribution in [3.63, 3.8) is 0 Å². The largest absolute Gasteiger partial charge is 0.478 e. The van der Waals surface area contributed by atoms with E-state index >= 15 is 0 Å². The molecule has 112 valence electrons. The molecule has 0 unspecified atom stereocenters. The molecule has 0 atom stereocenters. The summed E-state index contributed by atoms with van der Waals surface area (Å²) < 4.78 is 6.36. The van der Waals surface area contributed by atoms with Gasteiger partial charge in [0.05, 0.1) is 21.8 Å². The van der Waals surface area contributed by atoms with Crippen LogP contribution in [0, 0.1) is 6.92 Å². The van der Waals surface area contributed by atoms with Gasteiger partial charge >= 0.3 is 0 Å². The Kier molecular flexibility index (Phi) is 3.97. The summed E-state index contributed by atoms with van der Waals surface area (Å²) in [7, 11) is 0. The maximum Gasteiger partial charge on any atom is 0.274 e. The van der Waals surface area contributed by atoms with Crippen LogP contribution in [0.25, 0.3) is 10.2 Å². The van der Waals surface area contributed by atoms with E-state index in [0.29, 0.717) is 18.2 Å². The van der Waals surface area contributed by atoms with E-state index in [1.54, 1.807) is 11.3 Å². The van der Waals surface area contributed by atoms with Crippen molar-refractivity contribution in [3.8, 4) is 5.88 Å². The van der Waals surface area contributed by atoms with E-state index in [4.69, 9.17) is 4.74 Å². The first-order chi connectivity index (χ1) is 10.7. The third-order valence-electron chi connectivity index (χ3n) is 2.92. The van der Waals surface area contributed by atoms with Crippen molar-refractivity contribution in [2.45, 2.75) is 13.8 Å². The summed E-state index contributed by atoms with van der Waals surface area (Å²) in [6.45, 7) is 4.30. The topological polar surface area (TPSA) is 77.0 Å². The highest BCUT2D eigenvalue weighted by Crippen LogP contribution is 2.24. The van der Waals surface area contributed by atoms with Crippen molar-refractivity contribution >= 4 is 33.1 Å². The highest BCUT2D eigenvalue weighted by molar-refractivity contribution is 7.18. The number of anilines is 1. The second-order valence-corrected chi connectivity index (χ2v) is 5.78. The normalized spacial score (nSPS) is 10.6. The number of carbonyl (C=O) groups excluding carboxylic acids is 1. The Morgan fingerprint density at radius 2 is 2.18 bits per heavy atom. The molecule has 0 spiro atoms. The number of hydrogen-bond donors (Lipinski definition) is 1. The molecule has 0 saturated heterocycles. The summed E-state index contributed by atoms with van der Waals surface area (Å²) in [5.41, 5.74) is 1.81. The van der Waals surface area contributed by atoms with E-state index in [1.807, 2.05) is 32.0 Å². The number of nitrogens with zero attached hydrogens (tertiary/aromatic N) is 3. The lowest BCUT2D eigenvalue weighted by atomic mass is 10.3. The number of amides is 1. The molecule has 2 aromatic heterocycles. The van der Waals surface area contributed by atoms with Crippen molar-refractivity contribution in [2.75, 3.05) is 11.9 Å². The van der Waals surface area contributed by atoms with E-state index in [-0.39, 0.29) is 11.6 Å². The van der Waals surface area contributed by atoms with Crippen LogP contribution in [0.3, 0.4) is 0 Å². The van der Waals surface area contributed by atoms with Gasteiger partial charge in [-0.2, -0.15) is 0 Å². The minimum Gasteiger partial charge on any atom is -0.478 e. The Morgan fingerprint density at radius 3 is 3.00 bits per heavy atom. The number of carbonyl (C=O) groups is 1. The average Bonchev–Trinajstić information content (AvgIpc) is 2.87. The number of aromatic nitrogens is 3. The number of ether oxygens (including phenoxy) is 1. The zero-order valence-corrected chi connectivity index (χ0v) is 13.0. The highest BCUT2D eigenvalue weighted by Gasteiger charge is 2.10. The SMILES string of the molecule is CCOc1cc(C(=O)Nc2ccc3sc(C)nc3c2)ncn1. The molecular formula is C15H14N4O2S. The van der Waals surface area contributed by atoms with Crippen LogP contribution in [-0.2, 0) is 0 Å². The van der Waals surface area contributed by atoms with Gasteiger partial charge < -0.3 is 10.1 Å². The zero-order valence-electron chi connectivity index (χ0n) is 12.2. The number of hydrogen-bond acceptors (Lipinski definition) is 6. The standard InChI is InChI=1S/C15H14N4O2S/c1-3-21-14-7-12(16-8-17-14)15(20)19-10-4-5-13-11(6-10)18-9(2)22-13/h4-8H,3H2,1-2H3,(H,19,20). The molecule has 0 saturated carbocycles. The predicted molar refractivity (Wildman–Crippen MR) is 85.5 cm³/mol. The molecule has 0 bridgehead atoms. The Bertz CT molecular complexity index is 831. The van der Waals surface area contributed by atoms with Crippen molar-refractivity contribution < 1.29 is 9.53 Å². The van der Waals surface area contributed by atoms with E-state index in [2.05, 4.69) is 20.3 Å². The summed E-state index contributed by atoms with van der Waals surface area (Å²) in [5.74, 6) is 0.0721. The molecule has 0 aliphatic heterocycles. The summed E-state index contributed by atoms with van der Waals surface area (Å²) in [6, 6.07) is 7.16. The van der Waals surface area contributed by atoms with Crippen LogP contribution in [-0.4, -0.2) is 27.5 Å². The average molecular weight is 314 g/mol. The third-order valence-corrected chi connectivity index (χ3v) is 3.87. The second-order valence-electron chi connectivity index (χ2n) is 4.54. The number of aryl methyl sites for hydroxylation is 1. The molecule has 1 aromatic carbocycles. The molecule has 3 rings (SSSR count). The van der Waals surface area contributed by atoms with Gasteiger partial charge in [0, 0.05) is 11.8 Å².